The Hall–Kier alpha value is -0.910. The largest absolute Gasteiger partial charge is 0.476 e. The number of halogens is 3. The van der Waals surface area contributed by atoms with Crippen LogP contribution < -0.4 is 0 Å². The fourth-order valence-electron chi connectivity index (χ4n) is 1.37. The van der Waals surface area contributed by atoms with Crippen molar-refractivity contribution in [3.63, 3.8) is 0 Å². The predicted octanol–water partition coefficient (Wildman–Crippen LogP) is 3.05. The van der Waals surface area contributed by atoms with Gasteiger partial charge in [-0.1, -0.05) is 15.9 Å². The molecule has 1 aromatic carbocycles. The SMILES string of the molecule is Cc1cc(Br)ccc1C1=NCCO1.O=C(Cl)C(=O)Cl. The van der Waals surface area contributed by atoms with Crippen LogP contribution in [0.15, 0.2) is 27.7 Å². The molecule has 0 saturated carbocycles. The van der Waals surface area contributed by atoms with Crippen LogP contribution in [0.4, 0.5) is 0 Å². The van der Waals surface area contributed by atoms with E-state index in [0.29, 0.717) is 6.61 Å². The number of hydrogen-bond acceptors (Lipinski definition) is 4. The third kappa shape index (κ3) is 5.30. The number of ether oxygens (including phenoxy) is 1. The van der Waals surface area contributed by atoms with Gasteiger partial charge in [-0.3, -0.25) is 9.59 Å². The fourth-order valence-corrected chi connectivity index (χ4v) is 1.84. The molecule has 0 bridgehead atoms. The number of rotatable bonds is 2. The normalized spacial score (nSPS) is 12.9. The van der Waals surface area contributed by atoms with Gasteiger partial charge in [-0.25, -0.2) is 4.99 Å². The maximum Gasteiger partial charge on any atom is 0.304 e. The Kier molecular flexibility index (Phi) is 6.48. The molecule has 0 saturated heterocycles. The van der Waals surface area contributed by atoms with E-state index in [0.717, 1.165) is 22.5 Å². The first-order chi connectivity index (χ1) is 8.91. The number of carbonyl (C=O) groups excluding carboxylic acids is 2. The van der Waals surface area contributed by atoms with Crippen LogP contribution in [-0.4, -0.2) is 29.5 Å². The second-order valence-electron chi connectivity index (χ2n) is 3.54. The van der Waals surface area contributed by atoms with E-state index in [1.165, 1.54) is 5.56 Å². The zero-order valence-electron chi connectivity index (χ0n) is 9.95. The third-order valence-electron chi connectivity index (χ3n) is 2.16. The number of nitrogens with zero attached hydrogens (tertiary/aromatic N) is 1. The number of carbonyl (C=O) groups is 2. The minimum atomic E-state index is -1.14. The highest BCUT2D eigenvalue weighted by atomic mass is 79.9. The molecule has 2 rings (SSSR count). The Morgan fingerprint density at radius 3 is 2.37 bits per heavy atom. The second kappa shape index (κ2) is 7.62. The van der Waals surface area contributed by atoms with Crippen molar-refractivity contribution < 1.29 is 14.3 Å². The molecule has 0 radical (unpaired) electrons. The van der Waals surface area contributed by atoms with E-state index in [4.69, 9.17) is 4.74 Å². The topological polar surface area (TPSA) is 55.7 Å². The molecular formula is C12H10BrCl2NO3. The Morgan fingerprint density at radius 1 is 1.32 bits per heavy atom. The molecule has 1 heterocycles. The fraction of sp³-hybridized carbons (Fsp3) is 0.250. The lowest BCUT2D eigenvalue weighted by atomic mass is 10.1. The van der Waals surface area contributed by atoms with Gasteiger partial charge in [0.1, 0.15) is 6.61 Å². The second-order valence-corrected chi connectivity index (χ2v) is 5.14. The van der Waals surface area contributed by atoms with Crippen molar-refractivity contribution in [2.24, 2.45) is 4.99 Å². The van der Waals surface area contributed by atoms with Crippen molar-refractivity contribution in [2.75, 3.05) is 13.2 Å². The van der Waals surface area contributed by atoms with Crippen molar-refractivity contribution in [2.45, 2.75) is 6.92 Å². The molecule has 0 aromatic heterocycles. The van der Waals surface area contributed by atoms with Gasteiger partial charge in [0.05, 0.1) is 6.54 Å². The highest BCUT2D eigenvalue weighted by molar-refractivity contribution is 9.10. The molecule has 7 heteroatoms. The van der Waals surface area contributed by atoms with Crippen molar-refractivity contribution in [3.05, 3.63) is 33.8 Å². The lowest BCUT2D eigenvalue weighted by Crippen LogP contribution is -2.03. The van der Waals surface area contributed by atoms with Crippen molar-refractivity contribution in [1.82, 2.24) is 0 Å². The molecule has 0 N–H and O–H groups in total. The van der Waals surface area contributed by atoms with Gasteiger partial charge in [-0.05, 0) is 53.9 Å². The zero-order valence-corrected chi connectivity index (χ0v) is 13.0. The maximum absolute atomic E-state index is 9.43. The molecule has 0 amide bonds. The quantitative estimate of drug-likeness (QED) is 0.597. The molecule has 1 aliphatic heterocycles. The molecule has 0 atom stereocenters. The number of benzene rings is 1. The minimum Gasteiger partial charge on any atom is -0.476 e. The van der Waals surface area contributed by atoms with E-state index in [2.05, 4.69) is 57.1 Å². The van der Waals surface area contributed by atoms with Crippen LogP contribution in [-0.2, 0) is 14.3 Å². The van der Waals surface area contributed by atoms with Gasteiger partial charge in [0.15, 0.2) is 0 Å². The van der Waals surface area contributed by atoms with E-state index in [-0.39, 0.29) is 0 Å². The van der Waals surface area contributed by atoms with Crippen molar-refractivity contribution >= 4 is 55.5 Å². The molecule has 4 nitrogen and oxygen atoms in total. The minimum absolute atomic E-state index is 0.713. The van der Waals surface area contributed by atoms with Gasteiger partial charge >= 0.3 is 10.5 Å². The van der Waals surface area contributed by atoms with Gasteiger partial charge in [-0.15, -0.1) is 0 Å². The third-order valence-corrected chi connectivity index (χ3v) is 3.09. The van der Waals surface area contributed by atoms with Crippen LogP contribution in [0.1, 0.15) is 11.1 Å². The molecule has 0 unspecified atom stereocenters. The summed E-state index contributed by atoms with van der Waals surface area (Å²) in [6, 6.07) is 6.11. The van der Waals surface area contributed by atoms with Crippen molar-refractivity contribution in [1.29, 1.82) is 0 Å². The zero-order chi connectivity index (χ0) is 14.4. The standard InChI is InChI=1S/C10H10BrNO.C2Cl2O2/c1-7-6-8(11)2-3-9(7)10-12-4-5-13-10;3-1(5)2(4)6/h2-3,6H,4-5H2,1H3;. The average molecular weight is 367 g/mol. The highest BCUT2D eigenvalue weighted by Gasteiger charge is 2.12. The summed E-state index contributed by atoms with van der Waals surface area (Å²) in [5, 5.41) is -2.28. The monoisotopic (exact) mass is 365 g/mol. The first-order valence-corrected chi connectivity index (χ1v) is 6.79. The van der Waals surface area contributed by atoms with Crippen LogP contribution >= 0.6 is 39.1 Å². The van der Waals surface area contributed by atoms with Crippen LogP contribution in [0.25, 0.3) is 0 Å². The lowest BCUT2D eigenvalue weighted by Gasteiger charge is -2.05. The summed E-state index contributed by atoms with van der Waals surface area (Å²) in [5.74, 6) is 0.782. The lowest BCUT2D eigenvalue weighted by molar-refractivity contribution is -0.127. The van der Waals surface area contributed by atoms with Crippen LogP contribution in [0.2, 0.25) is 0 Å². The average Bonchev–Trinajstić information content (AvgIpc) is 2.83. The van der Waals surface area contributed by atoms with Gasteiger partial charge in [0.2, 0.25) is 5.90 Å². The Labute approximate surface area is 128 Å². The smallest absolute Gasteiger partial charge is 0.304 e. The summed E-state index contributed by atoms with van der Waals surface area (Å²) < 4.78 is 6.48. The van der Waals surface area contributed by atoms with Crippen LogP contribution in [0, 0.1) is 6.92 Å². The Bertz CT molecular complexity index is 520. The number of aliphatic imine (C=N–C) groups is 1. The summed E-state index contributed by atoms with van der Waals surface area (Å²) in [6.07, 6.45) is 0. The highest BCUT2D eigenvalue weighted by Crippen LogP contribution is 2.18. The van der Waals surface area contributed by atoms with Crippen LogP contribution in [0.5, 0.6) is 0 Å². The van der Waals surface area contributed by atoms with Gasteiger partial charge in [-0.2, -0.15) is 0 Å². The van der Waals surface area contributed by atoms with Gasteiger partial charge in [0.25, 0.3) is 0 Å². The Morgan fingerprint density at radius 2 is 1.95 bits per heavy atom. The summed E-state index contributed by atoms with van der Waals surface area (Å²) in [4.78, 5) is 23.1. The molecule has 0 fully saturated rings. The molecule has 102 valence electrons. The Balaban J connectivity index is 0.000000258. The molecule has 0 aliphatic carbocycles. The number of aryl methyl sites for hydroxylation is 1. The van der Waals surface area contributed by atoms with E-state index in [1.807, 2.05) is 12.1 Å². The van der Waals surface area contributed by atoms with Gasteiger partial charge in [0, 0.05) is 10.0 Å². The maximum atomic E-state index is 9.43. The first kappa shape index (κ1) is 16.1. The summed E-state index contributed by atoms with van der Waals surface area (Å²) in [5.41, 5.74) is 2.29. The predicted molar refractivity (Wildman–Crippen MR) is 78.0 cm³/mol. The number of hydrogen-bond donors (Lipinski definition) is 0. The summed E-state index contributed by atoms with van der Waals surface area (Å²) in [7, 11) is 0. The van der Waals surface area contributed by atoms with E-state index in [9.17, 15) is 9.59 Å². The summed E-state index contributed by atoms with van der Waals surface area (Å²) >= 11 is 12.4. The first-order valence-electron chi connectivity index (χ1n) is 5.25. The van der Waals surface area contributed by atoms with E-state index < -0.39 is 10.5 Å². The molecular weight excluding hydrogens is 357 g/mol. The van der Waals surface area contributed by atoms with Gasteiger partial charge < -0.3 is 4.74 Å². The summed E-state index contributed by atoms with van der Waals surface area (Å²) in [6.45, 7) is 3.56. The molecule has 1 aromatic rings. The van der Waals surface area contributed by atoms with Crippen molar-refractivity contribution in [3.8, 4) is 0 Å². The van der Waals surface area contributed by atoms with E-state index >= 15 is 0 Å². The van der Waals surface area contributed by atoms with E-state index in [1.54, 1.807) is 0 Å². The molecule has 0 spiro atoms. The molecule has 19 heavy (non-hydrogen) atoms. The van der Waals surface area contributed by atoms with Crippen LogP contribution in [0.3, 0.4) is 0 Å². The molecule has 1 aliphatic rings.